The van der Waals surface area contributed by atoms with Gasteiger partial charge in [-0.15, -0.1) is 53.6 Å². The smallest absolute Gasteiger partial charge is 0.0106 e. The molecule has 5 aromatic rings. The normalized spacial score (nSPS) is 14.1. The van der Waals surface area contributed by atoms with Gasteiger partial charge in [0.25, 0.3) is 0 Å². The summed E-state index contributed by atoms with van der Waals surface area (Å²) in [5, 5.41) is 7.90. The van der Waals surface area contributed by atoms with Crippen molar-refractivity contribution in [3.8, 4) is 11.1 Å². The number of halogens is 2. The summed E-state index contributed by atoms with van der Waals surface area (Å²) in [5.41, 5.74) is 7.10. The topological polar surface area (TPSA) is 0 Å². The van der Waals surface area contributed by atoms with Gasteiger partial charge in [0.15, 0.2) is 0 Å². The molecular formula is C34H34Cl2SiZr-2. The van der Waals surface area contributed by atoms with E-state index >= 15 is 0 Å². The van der Waals surface area contributed by atoms with Gasteiger partial charge in [-0.05, 0) is 21.5 Å². The van der Waals surface area contributed by atoms with E-state index in [1.165, 1.54) is 60.2 Å². The maximum atomic E-state index is 3.36. The van der Waals surface area contributed by atoms with Crippen molar-refractivity contribution in [3.05, 3.63) is 114 Å². The molecule has 0 radical (unpaired) electrons. The van der Waals surface area contributed by atoms with Crippen LogP contribution >= 0.6 is 0 Å². The van der Waals surface area contributed by atoms with Crippen molar-refractivity contribution in [2.24, 2.45) is 5.92 Å². The molecule has 5 aromatic carbocycles. The second-order valence-corrected chi connectivity index (χ2v) is 19.2. The summed E-state index contributed by atoms with van der Waals surface area (Å²) in [6, 6.07) is 32.8. The minimum Gasteiger partial charge on any atom is -1.00 e. The zero-order valence-corrected chi connectivity index (χ0v) is 28.0. The van der Waals surface area contributed by atoms with Gasteiger partial charge in [0, 0.05) is 0 Å². The summed E-state index contributed by atoms with van der Waals surface area (Å²) >= 11 is 1.74. The largest absolute Gasteiger partial charge is 1.00 e. The maximum absolute atomic E-state index is 3.36. The van der Waals surface area contributed by atoms with Crippen molar-refractivity contribution < 1.29 is 48.1 Å². The Labute approximate surface area is 255 Å². The molecule has 6 rings (SSSR count). The molecule has 1 aliphatic carbocycles. The van der Waals surface area contributed by atoms with Crippen LogP contribution in [0.2, 0.25) is 13.1 Å². The molecule has 194 valence electrons. The number of allylic oxidation sites excluding steroid dienone is 4. The molecule has 0 heterocycles. The van der Waals surface area contributed by atoms with E-state index in [0.29, 0.717) is 5.92 Å². The quantitative estimate of drug-likeness (QED) is 0.149. The molecular weight excluding hydrogens is 599 g/mol. The fraction of sp³-hybridized carbons (Fsp3) is 0.206. The van der Waals surface area contributed by atoms with Crippen LogP contribution < -0.4 is 24.8 Å². The summed E-state index contributed by atoms with van der Waals surface area (Å²) in [5.74, 6) is 0.560. The van der Waals surface area contributed by atoms with Gasteiger partial charge in [0.1, 0.15) is 0 Å². The minimum absolute atomic E-state index is 0. The van der Waals surface area contributed by atoms with E-state index in [2.05, 4.69) is 138 Å². The van der Waals surface area contributed by atoms with Crippen molar-refractivity contribution in [2.75, 3.05) is 0 Å². The molecule has 0 spiro atoms. The molecule has 1 aliphatic rings. The Morgan fingerprint density at radius 1 is 0.737 bits per heavy atom. The Bertz CT molecular complexity index is 1620. The van der Waals surface area contributed by atoms with Gasteiger partial charge in [0.2, 0.25) is 0 Å². The predicted molar refractivity (Wildman–Crippen MR) is 157 cm³/mol. The van der Waals surface area contributed by atoms with Crippen LogP contribution in [0.1, 0.15) is 27.7 Å². The monoisotopic (exact) mass is 630 g/mol. The average molecular weight is 633 g/mol. The number of benzene rings is 4. The second-order valence-electron chi connectivity index (χ2n) is 9.82. The molecule has 0 aromatic heterocycles. The first kappa shape index (κ1) is 32.4. The predicted octanol–water partition coefficient (Wildman–Crippen LogP) is 4.05. The SMILES string of the molecule is CC1=[C-]C(C)C(C)=C1C.C[Si](C)=[Zr+2].[Cl-].[Cl-].c1ccc2c(c1)cc(-c1c[cH-]c3ccccc13)c1ccccc12. The van der Waals surface area contributed by atoms with E-state index in [4.69, 9.17) is 0 Å². The maximum Gasteiger partial charge on any atom is -0.0106 e. The Kier molecular flexibility index (Phi) is 12.4. The zero-order valence-electron chi connectivity index (χ0n) is 23.0. The van der Waals surface area contributed by atoms with E-state index in [1.807, 2.05) is 0 Å². The Morgan fingerprint density at radius 2 is 1.26 bits per heavy atom. The number of hydrogen-bond donors (Lipinski definition) is 0. The van der Waals surface area contributed by atoms with Gasteiger partial charge in [-0.25, -0.2) is 5.57 Å². The van der Waals surface area contributed by atoms with Crippen LogP contribution in [-0.4, -0.2) is 5.43 Å². The van der Waals surface area contributed by atoms with Crippen LogP contribution in [0.15, 0.2) is 108 Å². The summed E-state index contributed by atoms with van der Waals surface area (Å²) < 4.78 is 0. The minimum atomic E-state index is 0. The van der Waals surface area contributed by atoms with Gasteiger partial charge in [-0.3, -0.25) is 6.08 Å². The van der Waals surface area contributed by atoms with Crippen molar-refractivity contribution in [1.82, 2.24) is 0 Å². The second kappa shape index (κ2) is 14.5. The van der Waals surface area contributed by atoms with Gasteiger partial charge in [-0.2, -0.15) is 11.1 Å². The molecule has 0 bridgehead atoms. The molecule has 1 unspecified atom stereocenters. The van der Waals surface area contributed by atoms with E-state index in [9.17, 15) is 0 Å². The van der Waals surface area contributed by atoms with Crippen LogP contribution in [-0.2, 0) is 23.3 Å². The molecule has 0 saturated carbocycles. The van der Waals surface area contributed by atoms with Gasteiger partial charge < -0.3 is 24.8 Å². The van der Waals surface area contributed by atoms with Crippen LogP contribution in [0.4, 0.5) is 0 Å². The third-order valence-corrected chi connectivity index (χ3v) is 6.98. The number of rotatable bonds is 1. The summed E-state index contributed by atoms with van der Waals surface area (Å²) in [6.45, 7) is 13.3. The summed E-state index contributed by atoms with van der Waals surface area (Å²) in [6.07, 6.45) is 3.36. The standard InChI is InChI=1S/C23H15.C9H13.C2H6Si.2ClH.Zr/c1-3-9-18-16(7-1)13-14-22(18)23-15-17-8-2-4-10-19(17)20-11-5-6-12-21(20)23;1-6-5-7(2)9(4)8(6)3;1-3-2;;;/h1-15H;6H,1-4H3;1-2H3;2*1H;/q2*-1;;;;+2/p-2. The zero-order chi connectivity index (χ0) is 25.8. The number of fused-ring (bicyclic) bond motifs is 4. The third kappa shape index (κ3) is 7.22. The fourth-order valence-electron chi connectivity index (χ4n) is 4.82. The summed E-state index contributed by atoms with van der Waals surface area (Å²) in [4.78, 5) is 0. The van der Waals surface area contributed by atoms with Crippen molar-refractivity contribution >= 4 is 37.8 Å². The van der Waals surface area contributed by atoms with Crippen LogP contribution in [0.25, 0.3) is 43.4 Å². The molecule has 38 heavy (non-hydrogen) atoms. The molecule has 0 fully saturated rings. The first-order chi connectivity index (χ1) is 17.3. The summed E-state index contributed by atoms with van der Waals surface area (Å²) in [7, 11) is 0. The average Bonchev–Trinajstić information content (AvgIpc) is 3.40. The van der Waals surface area contributed by atoms with Crippen LogP contribution in [0, 0.1) is 12.0 Å². The van der Waals surface area contributed by atoms with Crippen LogP contribution in [0.5, 0.6) is 0 Å². The first-order valence-electron chi connectivity index (χ1n) is 12.6. The molecule has 0 aliphatic heterocycles. The Hall–Kier alpha value is -1.83. The van der Waals surface area contributed by atoms with E-state index in [1.54, 1.807) is 23.3 Å². The third-order valence-electron chi connectivity index (χ3n) is 6.98. The van der Waals surface area contributed by atoms with Gasteiger partial charge in [0.05, 0.1) is 0 Å². The van der Waals surface area contributed by atoms with E-state index < -0.39 is 0 Å². The van der Waals surface area contributed by atoms with E-state index in [0.717, 1.165) is 0 Å². The molecule has 1 atom stereocenters. The van der Waals surface area contributed by atoms with Crippen molar-refractivity contribution in [1.29, 1.82) is 0 Å². The van der Waals surface area contributed by atoms with Gasteiger partial charge in [-0.1, -0.05) is 92.9 Å². The van der Waals surface area contributed by atoms with E-state index in [-0.39, 0.29) is 30.2 Å². The molecule has 0 saturated heterocycles. The Morgan fingerprint density at radius 3 is 1.82 bits per heavy atom. The first-order valence-corrected chi connectivity index (χ1v) is 18.8. The molecule has 4 heteroatoms. The molecule has 0 N–H and O–H groups in total. The van der Waals surface area contributed by atoms with Gasteiger partial charge >= 0.3 is 41.9 Å². The van der Waals surface area contributed by atoms with Crippen molar-refractivity contribution in [2.45, 2.75) is 40.8 Å². The Balaban J connectivity index is 0.000000286. The molecule has 0 amide bonds. The van der Waals surface area contributed by atoms with Crippen LogP contribution in [0.3, 0.4) is 0 Å². The van der Waals surface area contributed by atoms with Crippen molar-refractivity contribution in [3.63, 3.8) is 0 Å². The fourth-order valence-corrected chi connectivity index (χ4v) is 4.82. The molecule has 0 nitrogen and oxygen atoms in total. The number of hydrogen-bond acceptors (Lipinski definition) is 0.